The van der Waals surface area contributed by atoms with Crippen LogP contribution in [0.15, 0.2) is 24.3 Å². The fourth-order valence-corrected chi connectivity index (χ4v) is 3.25. The summed E-state index contributed by atoms with van der Waals surface area (Å²) in [5.74, 6) is 0.728. The van der Waals surface area contributed by atoms with E-state index in [1.807, 2.05) is 24.3 Å². The van der Waals surface area contributed by atoms with E-state index in [1.54, 1.807) is 7.11 Å². The van der Waals surface area contributed by atoms with Gasteiger partial charge in [0.15, 0.2) is 0 Å². The number of hydrogen-bond donors (Lipinski definition) is 0. The summed E-state index contributed by atoms with van der Waals surface area (Å²) >= 11 is 0. The van der Waals surface area contributed by atoms with Gasteiger partial charge in [0, 0.05) is 19.0 Å². The maximum atomic E-state index is 12.2. The van der Waals surface area contributed by atoms with E-state index >= 15 is 0 Å². The quantitative estimate of drug-likeness (QED) is 0.676. The van der Waals surface area contributed by atoms with Crippen LogP contribution < -0.4 is 4.74 Å². The average Bonchev–Trinajstić information content (AvgIpc) is 3.07. The zero-order valence-corrected chi connectivity index (χ0v) is 14.6. The van der Waals surface area contributed by atoms with Crippen molar-refractivity contribution in [3.05, 3.63) is 29.8 Å². The molecule has 6 nitrogen and oxygen atoms in total. The summed E-state index contributed by atoms with van der Waals surface area (Å²) in [6.45, 7) is 1.61. The van der Waals surface area contributed by atoms with Crippen LogP contribution in [0.2, 0.25) is 0 Å². The normalized spacial score (nSPS) is 16.8. The summed E-state index contributed by atoms with van der Waals surface area (Å²) in [5, 5.41) is 17.5. The minimum Gasteiger partial charge on any atom is -0.497 e. The molecule has 1 amide bonds. The van der Waals surface area contributed by atoms with Crippen molar-refractivity contribution in [2.45, 2.75) is 31.7 Å². The summed E-state index contributed by atoms with van der Waals surface area (Å²) < 4.78 is 5.19. The topological polar surface area (TPSA) is 80.4 Å². The number of benzene rings is 1. The Bertz CT molecular complexity index is 629. The van der Waals surface area contributed by atoms with Gasteiger partial charge in [0.1, 0.15) is 18.8 Å². The van der Waals surface area contributed by atoms with E-state index in [0.29, 0.717) is 19.0 Å². The third kappa shape index (κ3) is 5.48. The number of amides is 1. The Kier molecular flexibility index (Phi) is 7.25. The highest BCUT2D eigenvalue weighted by atomic mass is 16.5. The van der Waals surface area contributed by atoms with E-state index in [2.05, 4.69) is 17.0 Å². The maximum Gasteiger partial charge on any atom is 0.225 e. The zero-order chi connectivity index (χ0) is 18.1. The Morgan fingerprint density at radius 3 is 2.56 bits per heavy atom. The molecule has 6 heteroatoms. The number of likely N-dealkylation sites (tertiary alicyclic amines) is 1. The van der Waals surface area contributed by atoms with E-state index in [1.165, 1.54) is 10.5 Å². The van der Waals surface area contributed by atoms with Crippen molar-refractivity contribution in [1.82, 2.24) is 9.80 Å². The number of rotatable bonds is 8. The van der Waals surface area contributed by atoms with Crippen LogP contribution in [0, 0.1) is 22.7 Å². The van der Waals surface area contributed by atoms with Gasteiger partial charge < -0.3 is 9.64 Å². The Morgan fingerprint density at radius 1 is 1.28 bits per heavy atom. The standard InChI is InChI=1S/C19H24N4O2/c1-25-18-6-4-16(5-7-18)15-17-3-2-11-22(17)12-8-19(24)23(13-9-20)14-10-21/h4-7,17H,2-3,8,11-15H2,1H3. The van der Waals surface area contributed by atoms with E-state index in [-0.39, 0.29) is 19.0 Å². The first-order valence-electron chi connectivity index (χ1n) is 8.56. The molecule has 1 atom stereocenters. The van der Waals surface area contributed by atoms with Crippen molar-refractivity contribution >= 4 is 5.91 Å². The van der Waals surface area contributed by atoms with E-state index in [9.17, 15) is 4.79 Å². The molecule has 1 saturated heterocycles. The molecule has 0 bridgehead atoms. The van der Waals surface area contributed by atoms with Crippen LogP contribution in [0.3, 0.4) is 0 Å². The molecule has 0 aromatic heterocycles. The lowest BCUT2D eigenvalue weighted by atomic mass is 10.0. The predicted octanol–water partition coefficient (Wildman–Crippen LogP) is 1.97. The zero-order valence-electron chi connectivity index (χ0n) is 14.6. The summed E-state index contributed by atoms with van der Waals surface area (Å²) in [4.78, 5) is 15.9. The fraction of sp³-hybridized carbons (Fsp3) is 0.526. The monoisotopic (exact) mass is 340 g/mol. The lowest BCUT2D eigenvalue weighted by Crippen LogP contribution is -2.37. The van der Waals surface area contributed by atoms with Gasteiger partial charge in [-0.05, 0) is 43.5 Å². The van der Waals surface area contributed by atoms with Crippen LogP contribution in [0.4, 0.5) is 0 Å². The summed E-state index contributed by atoms with van der Waals surface area (Å²) in [6.07, 6.45) is 3.57. The van der Waals surface area contributed by atoms with Gasteiger partial charge in [-0.1, -0.05) is 12.1 Å². The molecule has 132 valence electrons. The maximum absolute atomic E-state index is 12.2. The van der Waals surface area contributed by atoms with Crippen molar-refractivity contribution in [2.75, 3.05) is 33.3 Å². The van der Waals surface area contributed by atoms with Gasteiger partial charge in [0.05, 0.1) is 19.2 Å². The van der Waals surface area contributed by atoms with Gasteiger partial charge in [-0.2, -0.15) is 10.5 Å². The summed E-state index contributed by atoms with van der Waals surface area (Å²) in [7, 11) is 1.66. The molecule has 1 aliphatic rings. The molecule has 1 aromatic carbocycles. The van der Waals surface area contributed by atoms with Gasteiger partial charge in [0.25, 0.3) is 0 Å². The van der Waals surface area contributed by atoms with Gasteiger partial charge in [0.2, 0.25) is 5.91 Å². The smallest absolute Gasteiger partial charge is 0.225 e. The second-order valence-electron chi connectivity index (χ2n) is 6.20. The molecule has 2 rings (SSSR count). The lowest BCUT2D eigenvalue weighted by Gasteiger charge is -2.25. The molecule has 1 fully saturated rings. The Morgan fingerprint density at radius 2 is 1.96 bits per heavy atom. The van der Waals surface area contributed by atoms with E-state index in [0.717, 1.165) is 31.6 Å². The average molecular weight is 340 g/mol. The van der Waals surface area contributed by atoms with Gasteiger partial charge in [-0.3, -0.25) is 9.69 Å². The molecule has 1 heterocycles. The SMILES string of the molecule is COc1ccc(CC2CCCN2CCC(=O)N(CC#N)CC#N)cc1. The predicted molar refractivity (Wildman–Crippen MR) is 93.7 cm³/mol. The second kappa shape index (κ2) is 9.66. The third-order valence-corrected chi connectivity index (χ3v) is 4.62. The Hall–Kier alpha value is -2.57. The minimum absolute atomic E-state index is 0.0261. The van der Waals surface area contributed by atoms with Crippen LogP contribution in [-0.2, 0) is 11.2 Å². The Labute approximate surface area is 149 Å². The van der Waals surface area contributed by atoms with E-state index in [4.69, 9.17) is 15.3 Å². The molecular weight excluding hydrogens is 316 g/mol. The fourth-order valence-electron chi connectivity index (χ4n) is 3.25. The number of carbonyl (C=O) groups is 1. The van der Waals surface area contributed by atoms with Gasteiger partial charge >= 0.3 is 0 Å². The highest BCUT2D eigenvalue weighted by Gasteiger charge is 2.25. The number of nitrogens with zero attached hydrogens (tertiary/aromatic N) is 4. The van der Waals surface area contributed by atoms with Gasteiger partial charge in [-0.25, -0.2) is 0 Å². The molecule has 0 spiro atoms. The first-order valence-corrected chi connectivity index (χ1v) is 8.56. The van der Waals surface area contributed by atoms with Crippen molar-refractivity contribution in [3.63, 3.8) is 0 Å². The molecule has 1 aliphatic heterocycles. The third-order valence-electron chi connectivity index (χ3n) is 4.62. The number of methoxy groups -OCH3 is 1. The van der Waals surface area contributed by atoms with Crippen molar-refractivity contribution in [2.24, 2.45) is 0 Å². The van der Waals surface area contributed by atoms with Crippen LogP contribution in [0.5, 0.6) is 5.75 Å². The number of ether oxygens (including phenoxy) is 1. The van der Waals surface area contributed by atoms with Crippen molar-refractivity contribution in [3.8, 4) is 17.9 Å². The number of nitriles is 2. The molecule has 0 radical (unpaired) electrons. The Balaban J connectivity index is 1.87. The number of hydrogen-bond acceptors (Lipinski definition) is 5. The molecule has 0 aliphatic carbocycles. The minimum atomic E-state index is -0.127. The summed E-state index contributed by atoms with van der Waals surface area (Å²) in [6, 6.07) is 12.4. The molecule has 0 saturated carbocycles. The van der Waals surface area contributed by atoms with Crippen LogP contribution in [0.25, 0.3) is 0 Å². The molecule has 1 unspecified atom stereocenters. The van der Waals surface area contributed by atoms with Crippen LogP contribution >= 0.6 is 0 Å². The molecule has 1 aromatic rings. The largest absolute Gasteiger partial charge is 0.497 e. The molecular formula is C19H24N4O2. The lowest BCUT2D eigenvalue weighted by molar-refractivity contribution is -0.130. The molecule has 0 N–H and O–H groups in total. The number of carbonyl (C=O) groups excluding carboxylic acids is 1. The first kappa shape index (κ1) is 18.8. The highest BCUT2D eigenvalue weighted by molar-refractivity contribution is 5.76. The summed E-state index contributed by atoms with van der Waals surface area (Å²) in [5.41, 5.74) is 1.26. The first-order chi connectivity index (χ1) is 12.2. The van der Waals surface area contributed by atoms with Crippen molar-refractivity contribution in [1.29, 1.82) is 10.5 Å². The van der Waals surface area contributed by atoms with Crippen LogP contribution in [-0.4, -0.2) is 55.0 Å². The highest BCUT2D eigenvalue weighted by Crippen LogP contribution is 2.22. The van der Waals surface area contributed by atoms with Gasteiger partial charge in [-0.15, -0.1) is 0 Å². The molecule has 25 heavy (non-hydrogen) atoms. The van der Waals surface area contributed by atoms with E-state index < -0.39 is 0 Å². The van der Waals surface area contributed by atoms with Crippen LogP contribution in [0.1, 0.15) is 24.8 Å². The van der Waals surface area contributed by atoms with Crippen molar-refractivity contribution < 1.29 is 9.53 Å². The second-order valence-corrected chi connectivity index (χ2v) is 6.20.